The summed E-state index contributed by atoms with van der Waals surface area (Å²) < 4.78 is 0. The van der Waals surface area contributed by atoms with E-state index in [9.17, 15) is 0 Å². The minimum Gasteiger partial charge on any atom is -0.127 e. The van der Waals surface area contributed by atoms with Crippen LogP contribution in [0, 0.1) is 65.1 Å². The Balaban J connectivity index is 1.01. The van der Waals surface area contributed by atoms with Crippen molar-refractivity contribution < 1.29 is 0 Å². The summed E-state index contributed by atoms with van der Waals surface area (Å²) in [6.45, 7) is 0. The predicted molar refractivity (Wildman–Crippen MR) is 218 cm³/mol. The van der Waals surface area contributed by atoms with Gasteiger partial charge in [0.2, 0.25) is 0 Å². The second-order valence-corrected chi connectivity index (χ2v) is 20.7. The fourth-order valence-corrected chi connectivity index (χ4v) is 16.6. The highest BCUT2D eigenvalue weighted by atomic mass is 32.2. The van der Waals surface area contributed by atoms with Crippen molar-refractivity contribution in [2.75, 3.05) is 0 Å². The molecule has 10 aliphatic rings. The monoisotopic (exact) mass is 701 g/mol. The van der Waals surface area contributed by atoms with Crippen LogP contribution < -0.4 is 0 Å². The molecule has 9 aliphatic carbocycles. The molecule has 0 aromatic heterocycles. The maximum absolute atomic E-state index is 3.11. The van der Waals surface area contributed by atoms with Gasteiger partial charge in [0.05, 0.1) is 0 Å². The molecular formula is C50H68S. The van der Waals surface area contributed by atoms with Crippen molar-refractivity contribution in [3.05, 3.63) is 81.4 Å². The van der Waals surface area contributed by atoms with Gasteiger partial charge in [-0.1, -0.05) is 102 Å². The number of fused-ring (bicyclic) bond motifs is 4. The van der Waals surface area contributed by atoms with Crippen molar-refractivity contribution in [1.29, 1.82) is 0 Å². The number of hydrogen-bond acceptors (Lipinski definition) is 1. The van der Waals surface area contributed by atoms with E-state index in [1.165, 1.54) is 154 Å². The second kappa shape index (κ2) is 15.0. The zero-order chi connectivity index (χ0) is 33.7. The molecule has 3 fully saturated rings. The topological polar surface area (TPSA) is 0 Å². The summed E-state index contributed by atoms with van der Waals surface area (Å²) in [4.78, 5) is 1.87. The lowest BCUT2D eigenvalue weighted by Crippen LogP contribution is -2.49. The Morgan fingerprint density at radius 3 is 2.37 bits per heavy atom. The summed E-state index contributed by atoms with van der Waals surface area (Å²) in [6, 6.07) is 0. The zero-order valence-electron chi connectivity index (χ0n) is 31.9. The Morgan fingerprint density at radius 1 is 0.588 bits per heavy atom. The Bertz CT molecular complexity index is 1520. The maximum Gasteiger partial charge on any atom is 0.0163 e. The van der Waals surface area contributed by atoms with E-state index in [0.29, 0.717) is 5.92 Å². The molecule has 3 saturated carbocycles. The van der Waals surface area contributed by atoms with Crippen LogP contribution >= 0.6 is 11.8 Å². The van der Waals surface area contributed by atoms with Gasteiger partial charge in [0.25, 0.3) is 0 Å². The molecule has 1 aliphatic heterocycles. The van der Waals surface area contributed by atoms with E-state index < -0.39 is 0 Å². The molecular weight excluding hydrogens is 633 g/mol. The number of rotatable bonds is 5. The van der Waals surface area contributed by atoms with Gasteiger partial charge in [-0.15, -0.1) is 11.8 Å². The zero-order valence-corrected chi connectivity index (χ0v) is 32.7. The molecule has 0 N–H and O–H groups in total. The maximum atomic E-state index is 3.11. The molecule has 10 rings (SSSR count). The van der Waals surface area contributed by atoms with E-state index in [2.05, 4.69) is 60.4 Å². The highest BCUT2D eigenvalue weighted by Crippen LogP contribution is 2.63. The van der Waals surface area contributed by atoms with Gasteiger partial charge in [0.1, 0.15) is 0 Å². The summed E-state index contributed by atoms with van der Waals surface area (Å²) in [5.41, 5.74) is 9.63. The highest BCUT2D eigenvalue weighted by Gasteiger charge is 2.53. The Morgan fingerprint density at radius 2 is 1.49 bits per heavy atom. The first kappa shape index (κ1) is 34.1. The summed E-state index contributed by atoms with van der Waals surface area (Å²) in [5.74, 6) is 9.30. The van der Waals surface area contributed by atoms with Gasteiger partial charge in [-0.25, -0.2) is 0 Å². The van der Waals surface area contributed by atoms with Gasteiger partial charge < -0.3 is 0 Å². The Labute approximate surface area is 316 Å². The van der Waals surface area contributed by atoms with Gasteiger partial charge in [-0.2, -0.15) is 0 Å². The molecule has 1 heteroatoms. The summed E-state index contributed by atoms with van der Waals surface area (Å²) in [7, 11) is 0. The van der Waals surface area contributed by atoms with E-state index >= 15 is 0 Å². The predicted octanol–water partition coefficient (Wildman–Crippen LogP) is 14.4. The molecule has 0 nitrogen and oxygen atoms in total. The molecule has 51 heavy (non-hydrogen) atoms. The minimum atomic E-state index is 0.668. The van der Waals surface area contributed by atoms with E-state index in [1.807, 2.05) is 27.2 Å². The van der Waals surface area contributed by atoms with Crippen LogP contribution in [0.5, 0.6) is 0 Å². The van der Waals surface area contributed by atoms with Crippen LogP contribution in [0.25, 0.3) is 0 Å². The third-order valence-corrected chi connectivity index (χ3v) is 18.5. The molecule has 0 aromatic rings. The van der Waals surface area contributed by atoms with Gasteiger partial charge in [0.15, 0.2) is 0 Å². The molecule has 0 saturated heterocycles. The van der Waals surface area contributed by atoms with Crippen LogP contribution in [0.2, 0.25) is 0 Å². The van der Waals surface area contributed by atoms with Crippen LogP contribution in [0.3, 0.4) is 0 Å². The Kier molecular flexibility index (Phi) is 10.0. The van der Waals surface area contributed by atoms with Gasteiger partial charge in [0, 0.05) is 11.2 Å². The SMILES string of the molecule is C1=CCC(C2=CCC(C3C4=CCCCC4C(C4C=C(C5CCCCC5)CCC4)C4CCC(C5CCCC6SC7=C(CCCC7)C65)=CC43)CC2)C=C1. The smallest absolute Gasteiger partial charge is 0.0163 e. The highest BCUT2D eigenvalue weighted by molar-refractivity contribution is 8.04. The summed E-state index contributed by atoms with van der Waals surface area (Å²) in [5, 5.41) is 0.905. The van der Waals surface area contributed by atoms with E-state index in [4.69, 9.17) is 0 Å². The van der Waals surface area contributed by atoms with Crippen molar-refractivity contribution in [1.82, 2.24) is 0 Å². The van der Waals surface area contributed by atoms with Crippen LogP contribution in [0.4, 0.5) is 0 Å². The van der Waals surface area contributed by atoms with E-state index in [0.717, 1.165) is 64.4 Å². The Hall–Kier alpha value is -1.47. The van der Waals surface area contributed by atoms with E-state index in [-0.39, 0.29) is 0 Å². The summed E-state index contributed by atoms with van der Waals surface area (Å²) in [6.07, 6.45) is 55.8. The van der Waals surface area contributed by atoms with Gasteiger partial charge in [-0.05, 0) is 193 Å². The number of hydrogen-bond donors (Lipinski definition) is 0. The minimum absolute atomic E-state index is 0.668. The average Bonchev–Trinajstić information content (AvgIpc) is 3.60. The van der Waals surface area contributed by atoms with Crippen molar-refractivity contribution >= 4 is 11.8 Å². The fourth-order valence-electron chi connectivity index (χ4n) is 14.8. The first-order valence-electron chi connectivity index (χ1n) is 22.8. The summed E-state index contributed by atoms with van der Waals surface area (Å²) >= 11 is 2.37. The molecule has 11 unspecified atom stereocenters. The molecule has 0 amide bonds. The average molecular weight is 701 g/mol. The molecule has 0 aromatic carbocycles. The van der Waals surface area contributed by atoms with E-state index in [1.54, 1.807) is 5.57 Å². The van der Waals surface area contributed by atoms with Crippen molar-refractivity contribution in [2.24, 2.45) is 65.1 Å². The van der Waals surface area contributed by atoms with Gasteiger partial charge in [-0.3, -0.25) is 0 Å². The third kappa shape index (κ3) is 6.46. The molecule has 0 bridgehead atoms. The van der Waals surface area contributed by atoms with Crippen LogP contribution in [-0.2, 0) is 0 Å². The molecule has 11 atom stereocenters. The largest absolute Gasteiger partial charge is 0.127 e. The standard InChI is InChI=1S/C50H68S/c1-3-13-33(14-4-1)35-25-27-36(28-26-35)48-41-19-7-8-20-42(41)49(39-18-11-17-37(31-39)34-15-5-2-6-16-34)43-30-29-38(32-45(43)48)40-22-12-24-47-50(40)44-21-9-10-23-46(44)51-47/h1,3-4,13,19,25,31-34,36,39-40,42-43,45,47-50H,2,5-12,14-18,20-24,26-30H2. The third-order valence-electron chi connectivity index (χ3n) is 16.9. The van der Waals surface area contributed by atoms with Crippen molar-refractivity contribution in [2.45, 2.75) is 159 Å². The number of thioether (sulfide) groups is 1. The normalized spacial score (nSPS) is 42.9. The lowest BCUT2D eigenvalue weighted by atomic mass is 9.48. The lowest BCUT2D eigenvalue weighted by Gasteiger charge is -2.56. The van der Waals surface area contributed by atoms with Crippen molar-refractivity contribution in [3.8, 4) is 0 Å². The molecule has 274 valence electrons. The van der Waals surface area contributed by atoms with Crippen LogP contribution in [0.1, 0.15) is 154 Å². The first-order chi connectivity index (χ1) is 25.3. The molecule has 1 heterocycles. The quantitative estimate of drug-likeness (QED) is 0.257. The van der Waals surface area contributed by atoms with Gasteiger partial charge >= 0.3 is 0 Å². The second-order valence-electron chi connectivity index (χ2n) is 19.3. The fraction of sp³-hybridized carbons (Fsp3) is 0.720. The lowest BCUT2D eigenvalue weighted by molar-refractivity contribution is 0.0313. The molecule has 0 radical (unpaired) electrons. The van der Waals surface area contributed by atoms with Crippen LogP contribution in [0.15, 0.2) is 81.4 Å². The number of allylic oxidation sites excluding steroid dienone is 14. The van der Waals surface area contributed by atoms with Crippen LogP contribution in [-0.4, -0.2) is 5.25 Å². The van der Waals surface area contributed by atoms with Crippen molar-refractivity contribution in [3.63, 3.8) is 0 Å². The first-order valence-corrected chi connectivity index (χ1v) is 23.7. The molecule has 0 spiro atoms.